The van der Waals surface area contributed by atoms with Crippen LogP contribution in [0.25, 0.3) is 0 Å². The third-order valence-electron chi connectivity index (χ3n) is 5.48. The highest BCUT2D eigenvalue weighted by Crippen LogP contribution is 2.32. The summed E-state index contributed by atoms with van der Waals surface area (Å²) < 4.78 is 0. The number of nitriles is 1. The van der Waals surface area contributed by atoms with Gasteiger partial charge >= 0.3 is 0 Å². The zero-order chi connectivity index (χ0) is 13.1. The van der Waals surface area contributed by atoms with Crippen molar-refractivity contribution in [3.63, 3.8) is 0 Å². The minimum atomic E-state index is 0.315. The van der Waals surface area contributed by atoms with Gasteiger partial charge in [0.15, 0.2) is 0 Å². The van der Waals surface area contributed by atoms with E-state index in [-0.39, 0.29) is 0 Å². The summed E-state index contributed by atoms with van der Waals surface area (Å²) in [5, 5.41) is 9.23. The van der Waals surface area contributed by atoms with E-state index in [1.165, 1.54) is 71.2 Å². The third kappa shape index (κ3) is 3.12. The molecule has 0 aromatic rings. The largest absolute Gasteiger partial charge is 0.303 e. The molecule has 19 heavy (non-hydrogen) atoms. The van der Waals surface area contributed by atoms with Crippen LogP contribution in [0.15, 0.2) is 0 Å². The Morgan fingerprint density at radius 1 is 0.895 bits per heavy atom. The van der Waals surface area contributed by atoms with Gasteiger partial charge in [0, 0.05) is 12.6 Å². The maximum Gasteiger partial charge on any atom is 0.0672 e. The maximum absolute atomic E-state index is 9.23. The number of hydrogen-bond acceptors (Lipinski definition) is 3. The summed E-state index contributed by atoms with van der Waals surface area (Å²) in [4.78, 5) is 5.29. The van der Waals surface area contributed by atoms with Crippen molar-refractivity contribution >= 4 is 0 Å². The first-order valence-corrected chi connectivity index (χ1v) is 8.23. The standard InChI is InChI=1S/C16H27N3/c17-12-15-4-3-5-16(15)19-10-6-14(7-11-19)13-18-8-1-2-9-18/h14-16H,1-11,13H2. The van der Waals surface area contributed by atoms with Gasteiger partial charge in [-0.15, -0.1) is 0 Å². The molecule has 2 aliphatic heterocycles. The van der Waals surface area contributed by atoms with Crippen molar-refractivity contribution in [2.24, 2.45) is 11.8 Å². The van der Waals surface area contributed by atoms with E-state index in [4.69, 9.17) is 0 Å². The number of nitrogens with zero attached hydrogens (tertiary/aromatic N) is 3. The minimum absolute atomic E-state index is 0.315. The van der Waals surface area contributed by atoms with Crippen molar-refractivity contribution in [3.8, 4) is 6.07 Å². The summed E-state index contributed by atoms with van der Waals surface area (Å²) in [5.74, 6) is 1.23. The molecule has 106 valence electrons. The van der Waals surface area contributed by atoms with Gasteiger partial charge in [-0.25, -0.2) is 0 Å². The summed E-state index contributed by atoms with van der Waals surface area (Å²) in [6.45, 7) is 6.47. The molecule has 2 unspecified atom stereocenters. The molecule has 3 heteroatoms. The lowest BCUT2D eigenvalue weighted by atomic mass is 9.93. The second kappa shape index (κ2) is 6.24. The molecule has 3 aliphatic rings. The number of piperidine rings is 1. The van der Waals surface area contributed by atoms with E-state index >= 15 is 0 Å². The Morgan fingerprint density at radius 2 is 1.63 bits per heavy atom. The van der Waals surface area contributed by atoms with Crippen LogP contribution in [0.5, 0.6) is 0 Å². The number of rotatable bonds is 3. The SMILES string of the molecule is N#CC1CCCC1N1CCC(CN2CCCC2)CC1. The molecule has 3 rings (SSSR count). The lowest BCUT2D eigenvalue weighted by Crippen LogP contribution is -2.44. The van der Waals surface area contributed by atoms with Gasteiger partial charge in [-0.3, -0.25) is 4.90 Å². The van der Waals surface area contributed by atoms with Crippen LogP contribution in [-0.4, -0.2) is 48.6 Å². The fourth-order valence-corrected chi connectivity index (χ4v) is 4.33. The van der Waals surface area contributed by atoms with E-state index in [0.717, 1.165) is 12.3 Å². The summed E-state index contributed by atoms with van der Waals surface area (Å²) in [6.07, 6.45) is 9.17. The van der Waals surface area contributed by atoms with Crippen LogP contribution in [-0.2, 0) is 0 Å². The molecular formula is C16H27N3. The van der Waals surface area contributed by atoms with E-state index in [1.807, 2.05) is 0 Å². The van der Waals surface area contributed by atoms with Gasteiger partial charge in [0.25, 0.3) is 0 Å². The van der Waals surface area contributed by atoms with Crippen LogP contribution in [0.2, 0.25) is 0 Å². The van der Waals surface area contributed by atoms with Gasteiger partial charge in [0.05, 0.1) is 12.0 Å². The monoisotopic (exact) mass is 261 g/mol. The minimum Gasteiger partial charge on any atom is -0.303 e. The average molecular weight is 261 g/mol. The molecule has 0 spiro atoms. The van der Waals surface area contributed by atoms with E-state index in [9.17, 15) is 5.26 Å². The molecule has 1 saturated carbocycles. The topological polar surface area (TPSA) is 30.3 Å². The first kappa shape index (κ1) is 13.4. The fourth-order valence-electron chi connectivity index (χ4n) is 4.33. The van der Waals surface area contributed by atoms with E-state index in [0.29, 0.717) is 12.0 Å². The molecule has 0 radical (unpaired) electrons. The van der Waals surface area contributed by atoms with E-state index in [2.05, 4.69) is 15.9 Å². The fraction of sp³-hybridized carbons (Fsp3) is 0.938. The molecule has 3 nitrogen and oxygen atoms in total. The van der Waals surface area contributed by atoms with Crippen molar-refractivity contribution in [1.82, 2.24) is 9.80 Å². The van der Waals surface area contributed by atoms with Crippen LogP contribution >= 0.6 is 0 Å². The van der Waals surface area contributed by atoms with Gasteiger partial charge in [-0.05, 0) is 70.6 Å². The Labute approximate surface area is 117 Å². The summed E-state index contributed by atoms with van der Waals surface area (Å²) >= 11 is 0. The normalized spacial score (nSPS) is 34.7. The van der Waals surface area contributed by atoms with E-state index in [1.54, 1.807) is 0 Å². The van der Waals surface area contributed by atoms with Crippen LogP contribution in [0, 0.1) is 23.2 Å². The molecule has 2 atom stereocenters. The zero-order valence-electron chi connectivity index (χ0n) is 12.1. The highest BCUT2D eigenvalue weighted by Gasteiger charge is 2.34. The lowest BCUT2D eigenvalue weighted by molar-refractivity contribution is 0.106. The maximum atomic E-state index is 9.23. The van der Waals surface area contributed by atoms with Crippen LogP contribution in [0.3, 0.4) is 0 Å². The molecular weight excluding hydrogens is 234 g/mol. The zero-order valence-corrected chi connectivity index (χ0v) is 12.1. The summed E-state index contributed by atoms with van der Waals surface area (Å²) in [7, 11) is 0. The Bertz CT molecular complexity index is 321. The molecule has 0 amide bonds. The average Bonchev–Trinajstić information content (AvgIpc) is 3.10. The summed E-state index contributed by atoms with van der Waals surface area (Å²) in [6, 6.07) is 3.11. The highest BCUT2D eigenvalue weighted by molar-refractivity contribution is 4.98. The van der Waals surface area contributed by atoms with Crippen molar-refractivity contribution < 1.29 is 0 Å². The predicted octanol–water partition coefficient (Wildman–Crippen LogP) is 2.49. The molecule has 3 fully saturated rings. The van der Waals surface area contributed by atoms with Gasteiger partial charge < -0.3 is 4.90 Å². The van der Waals surface area contributed by atoms with Crippen molar-refractivity contribution in [2.75, 3.05) is 32.7 Å². The first-order valence-electron chi connectivity index (χ1n) is 8.23. The smallest absolute Gasteiger partial charge is 0.0672 e. The third-order valence-corrected chi connectivity index (χ3v) is 5.48. The van der Waals surface area contributed by atoms with Crippen molar-refractivity contribution in [2.45, 2.75) is 51.0 Å². The molecule has 0 aromatic carbocycles. The first-order chi connectivity index (χ1) is 9.36. The Balaban J connectivity index is 1.45. The van der Waals surface area contributed by atoms with Crippen molar-refractivity contribution in [3.05, 3.63) is 0 Å². The molecule has 1 aliphatic carbocycles. The van der Waals surface area contributed by atoms with Crippen LogP contribution in [0.4, 0.5) is 0 Å². The molecule has 2 heterocycles. The number of likely N-dealkylation sites (tertiary alicyclic amines) is 2. The lowest BCUT2D eigenvalue weighted by Gasteiger charge is -2.38. The van der Waals surface area contributed by atoms with Gasteiger partial charge in [-0.1, -0.05) is 6.42 Å². The van der Waals surface area contributed by atoms with E-state index < -0.39 is 0 Å². The van der Waals surface area contributed by atoms with Crippen LogP contribution in [0.1, 0.15) is 44.9 Å². The molecule has 0 N–H and O–H groups in total. The van der Waals surface area contributed by atoms with Gasteiger partial charge in [0.2, 0.25) is 0 Å². The van der Waals surface area contributed by atoms with Gasteiger partial charge in [0.1, 0.15) is 0 Å². The second-order valence-corrected chi connectivity index (χ2v) is 6.72. The molecule has 0 aromatic heterocycles. The molecule has 2 saturated heterocycles. The molecule has 0 bridgehead atoms. The predicted molar refractivity (Wildman–Crippen MR) is 76.7 cm³/mol. The Hall–Kier alpha value is -0.590. The van der Waals surface area contributed by atoms with Crippen molar-refractivity contribution in [1.29, 1.82) is 5.26 Å². The van der Waals surface area contributed by atoms with Gasteiger partial charge in [-0.2, -0.15) is 5.26 Å². The van der Waals surface area contributed by atoms with Crippen LogP contribution < -0.4 is 0 Å². The Kier molecular flexibility index (Phi) is 4.40. The Morgan fingerprint density at radius 3 is 2.32 bits per heavy atom. The quantitative estimate of drug-likeness (QED) is 0.782. The second-order valence-electron chi connectivity index (χ2n) is 6.72. The summed E-state index contributed by atoms with van der Waals surface area (Å²) in [5.41, 5.74) is 0. The highest BCUT2D eigenvalue weighted by atomic mass is 15.2. The number of hydrogen-bond donors (Lipinski definition) is 0.